The van der Waals surface area contributed by atoms with E-state index >= 15 is 0 Å². The van der Waals surface area contributed by atoms with Crippen LogP contribution in [0.15, 0.2) is 61.3 Å². The van der Waals surface area contributed by atoms with E-state index in [9.17, 15) is 4.79 Å². The molecule has 0 saturated heterocycles. The third-order valence-electron chi connectivity index (χ3n) is 4.06. The first-order valence-electron chi connectivity index (χ1n) is 9.31. The number of carbonyl (C=O) groups excluding carboxylic acids is 1. The second kappa shape index (κ2) is 10.4. The third-order valence-corrected chi connectivity index (χ3v) is 5.00. The minimum absolute atomic E-state index is 0.407. The molecule has 0 atom stereocenters. The zero-order valence-corrected chi connectivity index (χ0v) is 17.8. The van der Waals surface area contributed by atoms with Gasteiger partial charge in [-0.1, -0.05) is 33.1 Å². The van der Waals surface area contributed by atoms with Crippen LogP contribution in [0.4, 0.5) is 22.1 Å². The van der Waals surface area contributed by atoms with Gasteiger partial charge < -0.3 is 25.4 Å². The highest BCUT2D eigenvalue weighted by Crippen LogP contribution is 2.39. The second-order valence-electron chi connectivity index (χ2n) is 5.72. The Bertz CT molecular complexity index is 918. The van der Waals surface area contributed by atoms with Gasteiger partial charge in [0.15, 0.2) is 0 Å². The molecule has 2 aromatic rings. The lowest BCUT2D eigenvalue weighted by Gasteiger charge is -2.32. The number of fused-ring (bicyclic) bond motifs is 1. The van der Waals surface area contributed by atoms with Crippen LogP contribution in [0.2, 0.25) is 0 Å². The van der Waals surface area contributed by atoms with Crippen LogP contribution >= 0.6 is 11.3 Å². The summed E-state index contributed by atoms with van der Waals surface area (Å²) in [7, 11) is 1.34. The molecule has 3 rings (SSSR count). The normalized spacial score (nSPS) is 12.7. The number of rotatable bonds is 6. The lowest BCUT2D eigenvalue weighted by Crippen LogP contribution is -2.31. The Morgan fingerprint density at radius 3 is 2.76 bits per heavy atom. The fraction of sp³-hybridized carbons (Fsp3) is 0.227. The highest BCUT2D eigenvalue weighted by molar-refractivity contribution is 7.18. The van der Waals surface area contributed by atoms with Gasteiger partial charge in [-0.05, 0) is 36.4 Å². The minimum atomic E-state index is -0.407. The zero-order valence-electron chi connectivity index (χ0n) is 17.0. The predicted octanol–water partition coefficient (Wildman–Crippen LogP) is 5.34. The van der Waals surface area contributed by atoms with Gasteiger partial charge in [0.1, 0.15) is 22.2 Å². The minimum Gasteiger partial charge on any atom is -0.490 e. The molecule has 7 heteroatoms. The van der Waals surface area contributed by atoms with Gasteiger partial charge in [-0.3, -0.25) is 0 Å². The van der Waals surface area contributed by atoms with Gasteiger partial charge in [-0.2, -0.15) is 0 Å². The van der Waals surface area contributed by atoms with Gasteiger partial charge in [0, 0.05) is 11.4 Å². The molecule has 3 N–H and O–H groups in total. The van der Waals surface area contributed by atoms with Crippen molar-refractivity contribution >= 4 is 39.4 Å². The fourth-order valence-electron chi connectivity index (χ4n) is 2.81. The molecule has 0 spiro atoms. The zero-order chi connectivity index (χ0) is 21.4. The molecule has 29 heavy (non-hydrogen) atoms. The molecule has 1 aliphatic rings. The summed E-state index contributed by atoms with van der Waals surface area (Å²) in [6.07, 6.45) is 5.42. The molecule has 0 radical (unpaired) electrons. The van der Waals surface area contributed by atoms with Gasteiger partial charge in [-0.15, -0.1) is 11.3 Å². The van der Waals surface area contributed by atoms with Gasteiger partial charge in [-0.25, -0.2) is 4.79 Å². The average molecular weight is 414 g/mol. The van der Waals surface area contributed by atoms with Crippen LogP contribution in [0.25, 0.3) is 0 Å². The molecule has 6 nitrogen and oxygen atoms in total. The largest absolute Gasteiger partial charge is 0.490 e. The Kier molecular flexibility index (Phi) is 7.91. The number of allylic oxidation sites excluding steroid dienone is 3. The summed E-state index contributed by atoms with van der Waals surface area (Å²) in [4.78, 5) is 14.3. The number of nitrogens with one attached hydrogen (secondary N) is 1. The molecule has 0 unspecified atom stereocenters. The van der Waals surface area contributed by atoms with Crippen LogP contribution in [0.3, 0.4) is 0 Å². The van der Waals surface area contributed by atoms with Crippen molar-refractivity contribution in [3.63, 3.8) is 0 Å². The number of hydrogen-bond acceptors (Lipinski definition) is 7. The number of carbonyl (C=O) groups is 1. The summed E-state index contributed by atoms with van der Waals surface area (Å²) in [6, 6.07) is 7.47. The van der Waals surface area contributed by atoms with Crippen molar-refractivity contribution in [2.45, 2.75) is 13.8 Å². The van der Waals surface area contributed by atoms with E-state index in [-0.39, 0.29) is 0 Å². The molecule has 1 aromatic heterocycles. The van der Waals surface area contributed by atoms with Crippen molar-refractivity contribution in [1.82, 2.24) is 0 Å². The fourth-order valence-corrected chi connectivity index (χ4v) is 3.61. The summed E-state index contributed by atoms with van der Waals surface area (Å²) >= 11 is 1.18. The maximum atomic E-state index is 11.7. The molecule has 154 valence electrons. The Hall–Kier alpha value is -3.19. The standard InChI is InChI=1S/C20H21N3O3S.C2H6/c1-4-6-14(5-2)23-9-10-26-17-8-7-13(11-16(17)23)22-15-12-18(20(24)25-3)27-19(15)21;1-2/h4-8,11-12,22H,1-2,9-10,21H2,3H3;1-2H3/b14-6+;. The highest BCUT2D eigenvalue weighted by Gasteiger charge is 2.21. The van der Waals surface area contributed by atoms with E-state index in [0.717, 1.165) is 22.8 Å². The molecule has 1 aromatic carbocycles. The summed E-state index contributed by atoms with van der Waals surface area (Å²) in [5.41, 5.74) is 9.38. The molecule has 0 fully saturated rings. The lowest BCUT2D eigenvalue weighted by atomic mass is 10.1. The van der Waals surface area contributed by atoms with Crippen molar-refractivity contribution in [3.05, 3.63) is 66.2 Å². The van der Waals surface area contributed by atoms with Crippen molar-refractivity contribution in [2.24, 2.45) is 0 Å². The monoisotopic (exact) mass is 413 g/mol. The number of hydrogen-bond donors (Lipinski definition) is 2. The number of ether oxygens (including phenoxy) is 2. The Morgan fingerprint density at radius 1 is 1.34 bits per heavy atom. The molecular weight excluding hydrogens is 386 g/mol. The van der Waals surface area contributed by atoms with Gasteiger partial charge >= 0.3 is 5.97 Å². The number of anilines is 4. The van der Waals surface area contributed by atoms with E-state index in [4.69, 9.17) is 15.2 Å². The summed E-state index contributed by atoms with van der Waals surface area (Å²) in [5.74, 6) is 0.382. The first-order valence-corrected chi connectivity index (χ1v) is 10.1. The summed E-state index contributed by atoms with van der Waals surface area (Å²) in [6.45, 7) is 12.9. The van der Waals surface area contributed by atoms with Crippen molar-refractivity contribution < 1.29 is 14.3 Å². The molecule has 2 heterocycles. The third kappa shape index (κ3) is 5.00. The maximum absolute atomic E-state index is 11.7. The van der Waals surface area contributed by atoms with Crippen molar-refractivity contribution in [3.8, 4) is 5.75 Å². The topological polar surface area (TPSA) is 76.8 Å². The second-order valence-corrected chi connectivity index (χ2v) is 6.80. The van der Waals surface area contributed by atoms with Gasteiger partial charge in [0.05, 0.1) is 25.0 Å². The number of nitrogens with two attached hydrogens (primary N) is 1. The maximum Gasteiger partial charge on any atom is 0.348 e. The highest BCUT2D eigenvalue weighted by atomic mass is 32.1. The Labute approximate surface area is 175 Å². The number of nitrogens with zero attached hydrogens (tertiary/aromatic N) is 1. The SMILES string of the molecule is C=C/C=C(\C=C)N1CCOc2ccc(Nc3cc(C(=O)OC)sc3N)cc21.CC. The van der Waals surface area contributed by atoms with Crippen molar-refractivity contribution in [1.29, 1.82) is 0 Å². The number of benzene rings is 1. The molecule has 0 saturated carbocycles. The van der Waals surface area contributed by atoms with E-state index in [1.807, 2.05) is 38.1 Å². The van der Waals surface area contributed by atoms with E-state index < -0.39 is 5.97 Å². The van der Waals surface area contributed by atoms with Crippen molar-refractivity contribution in [2.75, 3.05) is 36.2 Å². The molecule has 1 aliphatic heterocycles. The van der Waals surface area contributed by atoms with E-state index in [1.54, 1.807) is 18.2 Å². The van der Waals surface area contributed by atoms with Crippen LogP contribution in [0.1, 0.15) is 23.5 Å². The summed E-state index contributed by atoms with van der Waals surface area (Å²) < 4.78 is 10.5. The van der Waals surface area contributed by atoms with Crippen LogP contribution in [0, 0.1) is 0 Å². The van der Waals surface area contributed by atoms with E-state index in [1.165, 1.54) is 18.4 Å². The predicted molar refractivity (Wildman–Crippen MR) is 122 cm³/mol. The smallest absolute Gasteiger partial charge is 0.348 e. The first-order chi connectivity index (χ1) is 14.1. The van der Waals surface area contributed by atoms with E-state index in [2.05, 4.69) is 23.4 Å². The van der Waals surface area contributed by atoms with E-state index in [0.29, 0.717) is 28.7 Å². The van der Waals surface area contributed by atoms with Crippen LogP contribution in [-0.4, -0.2) is 26.2 Å². The number of esters is 1. The molecular formula is C22H27N3O3S. The Balaban J connectivity index is 0.00000145. The van der Waals surface area contributed by atoms with Crippen LogP contribution in [0.5, 0.6) is 5.75 Å². The first kappa shape index (κ1) is 22.1. The molecule has 0 bridgehead atoms. The van der Waals surface area contributed by atoms with Gasteiger partial charge in [0.2, 0.25) is 0 Å². The van der Waals surface area contributed by atoms with Gasteiger partial charge in [0.25, 0.3) is 0 Å². The van der Waals surface area contributed by atoms with Crippen LogP contribution < -0.4 is 20.7 Å². The molecule has 0 aliphatic carbocycles. The van der Waals surface area contributed by atoms with Crippen LogP contribution in [-0.2, 0) is 4.74 Å². The average Bonchev–Trinajstić information content (AvgIpc) is 3.12. The quantitative estimate of drug-likeness (QED) is 0.492. The number of thiophene rings is 1. The molecule has 0 amide bonds. The lowest BCUT2D eigenvalue weighted by molar-refractivity contribution is 0.0606. The Morgan fingerprint density at radius 2 is 2.10 bits per heavy atom. The number of methoxy groups -OCH3 is 1. The number of nitrogen functional groups attached to an aromatic ring is 1. The summed E-state index contributed by atoms with van der Waals surface area (Å²) in [5, 5.41) is 3.77.